The van der Waals surface area contributed by atoms with Crippen LogP contribution in [-0.2, 0) is 4.79 Å². The van der Waals surface area contributed by atoms with Crippen LogP contribution in [0.15, 0.2) is 84.9 Å². The molecule has 150 valence electrons. The van der Waals surface area contributed by atoms with Gasteiger partial charge in [0.1, 0.15) is 11.8 Å². The summed E-state index contributed by atoms with van der Waals surface area (Å²) < 4.78 is 5.47. The lowest BCUT2D eigenvalue weighted by molar-refractivity contribution is -0.710. The second-order valence-electron chi connectivity index (χ2n) is 7.27. The molecule has 29 heavy (non-hydrogen) atoms. The molecular formula is C25H29N2O2+. The van der Waals surface area contributed by atoms with Gasteiger partial charge in [0.05, 0.1) is 18.7 Å². The van der Waals surface area contributed by atoms with Crippen LogP contribution in [0.2, 0.25) is 0 Å². The van der Waals surface area contributed by atoms with E-state index in [-0.39, 0.29) is 24.0 Å². The topological polar surface area (TPSA) is 54.9 Å². The molecule has 0 heterocycles. The van der Waals surface area contributed by atoms with Crippen LogP contribution >= 0.6 is 0 Å². The Hall–Kier alpha value is -3.11. The van der Waals surface area contributed by atoms with Crippen molar-refractivity contribution in [3.05, 3.63) is 102 Å². The van der Waals surface area contributed by atoms with Crippen LogP contribution in [0.25, 0.3) is 0 Å². The minimum absolute atomic E-state index is 0.00412. The van der Waals surface area contributed by atoms with Gasteiger partial charge in [-0.3, -0.25) is 4.79 Å². The Balaban J connectivity index is 1.74. The number of carbonyl (C=O) groups is 1. The predicted octanol–water partition coefficient (Wildman–Crippen LogP) is 3.61. The van der Waals surface area contributed by atoms with Gasteiger partial charge in [0.2, 0.25) is 0 Å². The number of hydrogen-bond acceptors (Lipinski definition) is 2. The third-order valence-electron chi connectivity index (χ3n) is 5.17. The zero-order valence-corrected chi connectivity index (χ0v) is 17.2. The van der Waals surface area contributed by atoms with Crippen LogP contribution in [0.4, 0.5) is 0 Å². The van der Waals surface area contributed by atoms with Gasteiger partial charge >= 0.3 is 0 Å². The summed E-state index contributed by atoms with van der Waals surface area (Å²) in [5.41, 5.74) is 3.21. The fourth-order valence-electron chi connectivity index (χ4n) is 3.59. The average Bonchev–Trinajstić information content (AvgIpc) is 2.78. The number of amides is 1. The summed E-state index contributed by atoms with van der Waals surface area (Å²) in [6, 6.07) is 27.8. The zero-order chi connectivity index (χ0) is 20.6. The molecule has 4 heteroatoms. The lowest BCUT2D eigenvalue weighted by Crippen LogP contribution is -2.92. The summed E-state index contributed by atoms with van der Waals surface area (Å²) in [5, 5.41) is 5.30. The van der Waals surface area contributed by atoms with E-state index in [9.17, 15) is 4.79 Å². The number of rotatable bonds is 8. The molecule has 0 aliphatic heterocycles. The normalized spacial score (nSPS) is 13.0. The highest BCUT2D eigenvalue weighted by atomic mass is 16.5. The number of carbonyl (C=O) groups excluding carboxylic acids is 1. The lowest BCUT2D eigenvalue weighted by atomic mass is 9.98. The Labute approximate surface area is 172 Å². The van der Waals surface area contributed by atoms with Crippen LogP contribution in [0.5, 0.6) is 5.75 Å². The maximum atomic E-state index is 13.0. The van der Waals surface area contributed by atoms with E-state index in [1.54, 1.807) is 7.11 Å². The molecule has 0 aromatic heterocycles. The molecule has 0 bridgehead atoms. The van der Waals surface area contributed by atoms with Gasteiger partial charge in [-0.2, -0.15) is 0 Å². The van der Waals surface area contributed by atoms with E-state index in [4.69, 9.17) is 4.74 Å². The zero-order valence-electron chi connectivity index (χ0n) is 17.2. The number of ether oxygens (including phenoxy) is 1. The van der Waals surface area contributed by atoms with Crippen LogP contribution in [0.1, 0.15) is 42.6 Å². The molecule has 3 rings (SSSR count). The third kappa shape index (κ3) is 5.24. The average molecular weight is 390 g/mol. The molecule has 0 fully saturated rings. The van der Waals surface area contributed by atoms with Crippen molar-refractivity contribution in [2.45, 2.75) is 32.0 Å². The Morgan fingerprint density at radius 2 is 1.34 bits per heavy atom. The van der Waals surface area contributed by atoms with Gasteiger partial charge in [-0.15, -0.1) is 0 Å². The van der Waals surface area contributed by atoms with Crippen LogP contribution in [0.3, 0.4) is 0 Å². The fraction of sp³-hybridized carbons (Fsp3) is 0.240. The van der Waals surface area contributed by atoms with Gasteiger partial charge in [0.15, 0.2) is 6.04 Å². The largest absolute Gasteiger partial charge is 0.496 e. The lowest BCUT2D eigenvalue weighted by Gasteiger charge is -2.23. The Bertz CT molecular complexity index is 873. The minimum atomic E-state index is -0.246. The number of para-hydroxylation sites is 1. The molecule has 3 aromatic carbocycles. The highest BCUT2D eigenvalue weighted by molar-refractivity contribution is 5.80. The number of hydrogen-bond donors (Lipinski definition) is 2. The summed E-state index contributed by atoms with van der Waals surface area (Å²) in [4.78, 5) is 13.0. The first-order valence-corrected chi connectivity index (χ1v) is 9.98. The summed E-state index contributed by atoms with van der Waals surface area (Å²) in [6.45, 7) is 4.03. The van der Waals surface area contributed by atoms with Crippen molar-refractivity contribution in [3.63, 3.8) is 0 Å². The summed E-state index contributed by atoms with van der Waals surface area (Å²) >= 11 is 0. The Morgan fingerprint density at radius 1 is 0.828 bits per heavy atom. The van der Waals surface area contributed by atoms with Gasteiger partial charge in [0, 0.05) is 0 Å². The number of quaternary nitrogens is 1. The second-order valence-corrected chi connectivity index (χ2v) is 7.27. The third-order valence-corrected chi connectivity index (χ3v) is 5.17. The fourth-order valence-corrected chi connectivity index (χ4v) is 3.59. The molecule has 0 aliphatic carbocycles. The van der Waals surface area contributed by atoms with E-state index in [2.05, 4.69) is 17.6 Å². The Morgan fingerprint density at radius 3 is 1.90 bits per heavy atom. The highest BCUT2D eigenvalue weighted by Gasteiger charge is 2.25. The van der Waals surface area contributed by atoms with E-state index >= 15 is 0 Å². The van der Waals surface area contributed by atoms with Crippen molar-refractivity contribution < 1.29 is 14.8 Å². The van der Waals surface area contributed by atoms with Crippen molar-refractivity contribution >= 4 is 5.91 Å². The van der Waals surface area contributed by atoms with Crippen LogP contribution in [-0.4, -0.2) is 19.1 Å². The summed E-state index contributed by atoms with van der Waals surface area (Å²) in [6.07, 6.45) is 0. The molecule has 3 N–H and O–H groups in total. The van der Waals surface area contributed by atoms with Crippen molar-refractivity contribution in [2.24, 2.45) is 0 Å². The highest BCUT2D eigenvalue weighted by Crippen LogP contribution is 2.23. The molecule has 1 amide bonds. The summed E-state index contributed by atoms with van der Waals surface area (Å²) in [5.74, 6) is 0.847. The SMILES string of the molecule is COc1ccccc1[C@@H](C)[NH2+][C@H](C)C(=O)NC(c1ccccc1)c1ccccc1. The van der Waals surface area contributed by atoms with Gasteiger partial charge in [-0.25, -0.2) is 0 Å². The van der Waals surface area contributed by atoms with Gasteiger partial charge < -0.3 is 15.4 Å². The number of nitrogens with one attached hydrogen (secondary N) is 1. The second kappa shape index (κ2) is 9.89. The number of methoxy groups -OCH3 is 1. The first-order chi connectivity index (χ1) is 14.1. The smallest absolute Gasteiger partial charge is 0.278 e. The summed E-state index contributed by atoms with van der Waals surface area (Å²) in [7, 11) is 1.67. The quantitative estimate of drug-likeness (QED) is 0.618. The van der Waals surface area contributed by atoms with Gasteiger partial charge in [-0.05, 0) is 37.1 Å². The maximum absolute atomic E-state index is 13.0. The van der Waals surface area contributed by atoms with Gasteiger partial charge in [-0.1, -0.05) is 72.8 Å². The molecule has 0 aliphatic rings. The van der Waals surface area contributed by atoms with Crippen molar-refractivity contribution in [1.82, 2.24) is 5.32 Å². The van der Waals surface area contributed by atoms with Crippen molar-refractivity contribution in [2.75, 3.05) is 7.11 Å². The van der Waals surface area contributed by atoms with Gasteiger partial charge in [0.25, 0.3) is 5.91 Å². The minimum Gasteiger partial charge on any atom is -0.496 e. The monoisotopic (exact) mass is 389 g/mol. The standard InChI is InChI=1S/C25H28N2O2/c1-18(22-16-10-11-17-23(22)29-3)26-19(2)25(28)27-24(20-12-6-4-7-13-20)21-14-8-5-9-15-21/h4-19,24,26H,1-3H3,(H,27,28)/p+1/t18-,19-/m1/s1. The Kier molecular flexibility index (Phi) is 7.04. The van der Waals surface area contributed by atoms with Crippen molar-refractivity contribution in [3.8, 4) is 5.75 Å². The molecule has 0 unspecified atom stereocenters. The first-order valence-electron chi connectivity index (χ1n) is 9.98. The first kappa shape index (κ1) is 20.6. The van der Waals surface area contributed by atoms with E-state index in [1.165, 1.54) is 0 Å². The maximum Gasteiger partial charge on any atom is 0.278 e. The van der Waals surface area contributed by atoms with E-state index < -0.39 is 0 Å². The predicted molar refractivity (Wildman–Crippen MR) is 116 cm³/mol. The molecule has 0 saturated carbocycles. The van der Waals surface area contributed by atoms with E-state index in [1.807, 2.05) is 91.9 Å². The molecule has 0 radical (unpaired) electrons. The van der Waals surface area contributed by atoms with Crippen LogP contribution in [0, 0.1) is 0 Å². The van der Waals surface area contributed by atoms with Crippen LogP contribution < -0.4 is 15.4 Å². The van der Waals surface area contributed by atoms with E-state index in [0.29, 0.717) is 0 Å². The molecule has 3 aromatic rings. The number of benzene rings is 3. The molecule has 2 atom stereocenters. The molecule has 4 nitrogen and oxygen atoms in total. The van der Waals surface area contributed by atoms with E-state index in [0.717, 1.165) is 22.4 Å². The molecular weight excluding hydrogens is 360 g/mol. The number of nitrogens with two attached hydrogens (primary N) is 1. The molecule has 0 spiro atoms. The van der Waals surface area contributed by atoms with Crippen molar-refractivity contribution in [1.29, 1.82) is 0 Å². The molecule has 0 saturated heterocycles.